The molecular formula is C20H23NO4. The lowest BCUT2D eigenvalue weighted by molar-refractivity contribution is 0.0573. The van der Waals surface area contributed by atoms with Crippen LogP contribution in [0.25, 0.3) is 0 Å². The van der Waals surface area contributed by atoms with Crippen molar-refractivity contribution in [3.8, 4) is 0 Å². The second-order valence-corrected chi connectivity index (χ2v) is 6.59. The second kappa shape index (κ2) is 7.83. The smallest absolute Gasteiger partial charge is 0.415 e. The first-order chi connectivity index (χ1) is 11.8. The molecule has 132 valence electrons. The summed E-state index contributed by atoms with van der Waals surface area (Å²) in [6, 6.07) is 16.3. The fraction of sp³-hybridized carbons (Fsp3) is 0.300. The highest BCUT2D eigenvalue weighted by atomic mass is 16.6. The van der Waals surface area contributed by atoms with E-state index in [2.05, 4.69) is 0 Å². The minimum absolute atomic E-state index is 0.334. The van der Waals surface area contributed by atoms with Crippen LogP contribution < -0.4 is 4.90 Å². The van der Waals surface area contributed by atoms with E-state index in [4.69, 9.17) is 9.47 Å². The molecule has 0 radical (unpaired) electrons. The molecule has 2 rings (SSSR count). The van der Waals surface area contributed by atoms with Gasteiger partial charge in [0, 0.05) is 5.69 Å². The van der Waals surface area contributed by atoms with Crippen LogP contribution in [0, 0.1) is 0 Å². The van der Waals surface area contributed by atoms with Gasteiger partial charge in [-0.3, -0.25) is 4.90 Å². The van der Waals surface area contributed by atoms with Crippen LogP contribution in [-0.2, 0) is 16.0 Å². The number of carbonyl (C=O) groups excluding carboxylic acids is 2. The SMILES string of the molecule is COC(=O)c1ccc(CN(C(=O)OC(C)(C)C)c2ccccc2)cc1. The molecule has 0 saturated carbocycles. The van der Waals surface area contributed by atoms with Gasteiger partial charge < -0.3 is 9.47 Å². The second-order valence-electron chi connectivity index (χ2n) is 6.59. The first-order valence-corrected chi connectivity index (χ1v) is 8.03. The van der Waals surface area contributed by atoms with Gasteiger partial charge in [0.2, 0.25) is 0 Å². The molecule has 0 aliphatic heterocycles. The number of ether oxygens (including phenoxy) is 2. The average molecular weight is 341 g/mol. The van der Waals surface area contributed by atoms with E-state index in [1.54, 1.807) is 29.2 Å². The molecular weight excluding hydrogens is 318 g/mol. The van der Waals surface area contributed by atoms with Crippen LogP contribution in [0.1, 0.15) is 36.7 Å². The van der Waals surface area contributed by atoms with Gasteiger partial charge in [-0.15, -0.1) is 0 Å². The molecule has 0 saturated heterocycles. The molecule has 0 heterocycles. The highest BCUT2D eigenvalue weighted by Crippen LogP contribution is 2.21. The molecule has 0 spiro atoms. The molecule has 0 atom stereocenters. The van der Waals surface area contributed by atoms with Crippen LogP contribution in [0.3, 0.4) is 0 Å². The number of esters is 1. The summed E-state index contributed by atoms with van der Waals surface area (Å²) in [6.07, 6.45) is -0.421. The van der Waals surface area contributed by atoms with Crippen molar-refractivity contribution in [2.45, 2.75) is 32.9 Å². The van der Waals surface area contributed by atoms with Gasteiger partial charge in [0.15, 0.2) is 0 Å². The molecule has 0 unspecified atom stereocenters. The highest BCUT2D eigenvalue weighted by molar-refractivity contribution is 5.89. The summed E-state index contributed by atoms with van der Waals surface area (Å²) in [5, 5.41) is 0. The third-order valence-electron chi connectivity index (χ3n) is 3.40. The lowest BCUT2D eigenvalue weighted by Gasteiger charge is -2.27. The average Bonchev–Trinajstić information content (AvgIpc) is 2.58. The molecule has 2 aromatic carbocycles. The maximum Gasteiger partial charge on any atom is 0.415 e. The van der Waals surface area contributed by atoms with Gasteiger partial charge in [-0.2, -0.15) is 0 Å². The summed E-state index contributed by atoms with van der Waals surface area (Å²) in [5.41, 5.74) is 1.50. The molecule has 0 aromatic heterocycles. The number of benzene rings is 2. The van der Waals surface area contributed by atoms with Crippen molar-refractivity contribution in [2.75, 3.05) is 12.0 Å². The van der Waals surface area contributed by atoms with Gasteiger partial charge in [0.1, 0.15) is 5.60 Å². The van der Waals surface area contributed by atoms with Crippen molar-refractivity contribution in [2.24, 2.45) is 0 Å². The Morgan fingerprint density at radius 3 is 2.08 bits per heavy atom. The maximum atomic E-state index is 12.6. The quantitative estimate of drug-likeness (QED) is 0.773. The van der Waals surface area contributed by atoms with E-state index < -0.39 is 17.7 Å². The molecule has 1 amide bonds. The molecule has 0 aliphatic rings. The topological polar surface area (TPSA) is 55.8 Å². The Morgan fingerprint density at radius 1 is 0.960 bits per heavy atom. The zero-order valence-electron chi connectivity index (χ0n) is 15.0. The number of hydrogen-bond acceptors (Lipinski definition) is 4. The Kier molecular flexibility index (Phi) is 5.80. The fourth-order valence-electron chi connectivity index (χ4n) is 2.23. The minimum Gasteiger partial charge on any atom is -0.465 e. The summed E-state index contributed by atoms with van der Waals surface area (Å²) in [5.74, 6) is -0.390. The summed E-state index contributed by atoms with van der Waals surface area (Å²) in [7, 11) is 1.34. The van der Waals surface area contributed by atoms with Crippen molar-refractivity contribution in [1.29, 1.82) is 0 Å². The molecule has 5 nitrogen and oxygen atoms in total. The zero-order chi connectivity index (χ0) is 18.4. The van der Waals surface area contributed by atoms with E-state index in [1.165, 1.54) is 7.11 Å². The van der Waals surface area contributed by atoms with Crippen LogP contribution >= 0.6 is 0 Å². The summed E-state index contributed by atoms with van der Waals surface area (Å²) >= 11 is 0. The summed E-state index contributed by atoms with van der Waals surface area (Å²) in [4.78, 5) is 25.7. The van der Waals surface area contributed by atoms with Crippen molar-refractivity contribution in [3.05, 3.63) is 65.7 Å². The van der Waals surface area contributed by atoms with Crippen LogP contribution in [0.5, 0.6) is 0 Å². The Hall–Kier alpha value is -2.82. The number of nitrogens with zero attached hydrogens (tertiary/aromatic N) is 1. The first kappa shape index (κ1) is 18.5. The molecule has 0 bridgehead atoms. The lowest BCUT2D eigenvalue weighted by Crippen LogP contribution is -2.36. The Labute approximate surface area is 148 Å². The van der Waals surface area contributed by atoms with Gasteiger partial charge in [-0.25, -0.2) is 9.59 Å². The van der Waals surface area contributed by atoms with E-state index >= 15 is 0 Å². The maximum absolute atomic E-state index is 12.6. The van der Waals surface area contributed by atoms with Crippen LogP contribution in [0.2, 0.25) is 0 Å². The number of rotatable bonds is 4. The summed E-state index contributed by atoms with van der Waals surface area (Å²) < 4.78 is 10.2. The van der Waals surface area contributed by atoms with Gasteiger partial charge in [0.25, 0.3) is 0 Å². The standard InChI is InChI=1S/C20H23NO4/c1-20(2,3)25-19(23)21(17-8-6-5-7-9-17)14-15-10-12-16(13-11-15)18(22)24-4/h5-13H,14H2,1-4H3. The molecule has 0 aliphatic carbocycles. The van der Waals surface area contributed by atoms with E-state index in [-0.39, 0.29) is 0 Å². The lowest BCUT2D eigenvalue weighted by atomic mass is 10.1. The third-order valence-corrected chi connectivity index (χ3v) is 3.40. The number of anilines is 1. The molecule has 25 heavy (non-hydrogen) atoms. The first-order valence-electron chi connectivity index (χ1n) is 8.03. The Bertz CT molecular complexity index is 718. The molecule has 5 heteroatoms. The summed E-state index contributed by atoms with van der Waals surface area (Å²) in [6.45, 7) is 5.83. The van der Waals surface area contributed by atoms with E-state index in [0.29, 0.717) is 12.1 Å². The monoisotopic (exact) mass is 341 g/mol. The molecule has 0 fully saturated rings. The minimum atomic E-state index is -0.584. The number of carbonyl (C=O) groups is 2. The van der Waals surface area contributed by atoms with Crippen molar-refractivity contribution in [1.82, 2.24) is 0 Å². The number of amides is 1. The largest absolute Gasteiger partial charge is 0.465 e. The predicted octanol–water partition coefficient (Wildman–Crippen LogP) is 4.41. The van der Waals surface area contributed by atoms with Gasteiger partial charge >= 0.3 is 12.1 Å². The van der Waals surface area contributed by atoms with E-state index in [9.17, 15) is 9.59 Å². The van der Waals surface area contributed by atoms with E-state index in [0.717, 1.165) is 11.3 Å². The van der Waals surface area contributed by atoms with Crippen molar-refractivity contribution < 1.29 is 19.1 Å². The normalized spacial score (nSPS) is 10.9. The number of methoxy groups -OCH3 is 1. The van der Waals surface area contributed by atoms with Crippen LogP contribution in [0.4, 0.5) is 10.5 Å². The molecule has 0 N–H and O–H groups in total. The van der Waals surface area contributed by atoms with E-state index in [1.807, 2.05) is 51.1 Å². The Morgan fingerprint density at radius 2 is 1.56 bits per heavy atom. The number of para-hydroxylation sites is 1. The van der Waals surface area contributed by atoms with Gasteiger partial charge in [-0.1, -0.05) is 30.3 Å². The van der Waals surface area contributed by atoms with Gasteiger partial charge in [0.05, 0.1) is 19.2 Å². The van der Waals surface area contributed by atoms with Crippen molar-refractivity contribution in [3.63, 3.8) is 0 Å². The third kappa shape index (κ3) is 5.35. The zero-order valence-corrected chi connectivity index (χ0v) is 15.0. The highest BCUT2D eigenvalue weighted by Gasteiger charge is 2.23. The van der Waals surface area contributed by atoms with Gasteiger partial charge in [-0.05, 0) is 50.6 Å². The van der Waals surface area contributed by atoms with Crippen molar-refractivity contribution >= 4 is 17.7 Å². The van der Waals surface area contributed by atoms with Crippen LogP contribution in [-0.4, -0.2) is 24.8 Å². The fourth-order valence-corrected chi connectivity index (χ4v) is 2.23. The number of hydrogen-bond donors (Lipinski definition) is 0. The predicted molar refractivity (Wildman–Crippen MR) is 96.6 cm³/mol. The Balaban J connectivity index is 2.24. The van der Waals surface area contributed by atoms with Crippen LogP contribution in [0.15, 0.2) is 54.6 Å². The molecule has 2 aromatic rings.